The van der Waals surface area contributed by atoms with Gasteiger partial charge in [-0.2, -0.15) is 9.61 Å². The van der Waals surface area contributed by atoms with Gasteiger partial charge in [-0.15, -0.1) is 0 Å². The molecule has 0 amide bonds. The molecule has 0 aliphatic rings. The van der Waals surface area contributed by atoms with E-state index < -0.39 is 0 Å². The third-order valence-corrected chi connectivity index (χ3v) is 1.75. The summed E-state index contributed by atoms with van der Waals surface area (Å²) in [5.74, 6) is 0.556. The minimum atomic E-state index is 0.556. The predicted molar refractivity (Wildman–Crippen MR) is 50.9 cm³/mol. The molecule has 0 atom stereocenters. The smallest absolute Gasteiger partial charge is 0.157 e. The number of aromatic nitrogens is 3. The molecule has 0 radical (unpaired) electrons. The van der Waals surface area contributed by atoms with Crippen LogP contribution in [0.25, 0.3) is 5.65 Å². The van der Waals surface area contributed by atoms with Crippen molar-refractivity contribution in [1.29, 1.82) is 0 Å². The van der Waals surface area contributed by atoms with E-state index in [1.54, 1.807) is 36.2 Å². The first-order chi connectivity index (χ1) is 6.33. The Bertz CT molecular complexity index is 457. The van der Waals surface area contributed by atoms with E-state index in [0.717, 1.165) is 11.2 Å². The Labute approximate surface area is 74.9 Å². The van der Waals surface area contributed by atoms with Gasteiger partial charge in [0.25, 0.3) is 0 Å². The van der Waals surface area contributed by atoms with Crippen LogP contribution < -0.4 is 5.73 Å². The molecule has 13 heavy (non-hydrogen) atoms. The van der Waals surface area contributed by atoms with Crippen molar-refractivity contribution in [3.8, 4) is 0 Å². The van der Waals surface area contributed by atoms with Gasteiger partial charge in [0, 0.05) is 25.5 Å². The Balaban J connectivity index is 2.73. The Morgan fingerprint density at radius 2 is 2.46 bits per heavy atom. The van der Waals surface area contributed by atoms with Gasteiger partial charge in [-0.25, -0.2) is 4.98 Å². The number of fused-ring (bicyclic) bond motifs is 1. The number of nitrogens with two attached hydrogens (primary N) is 1. The average Bonchev–Trinajstić information content (AvgIpc) is 2.58. The fourth-order valence-electron chi connectivity index (χ4n) is 1.14. The van der Waals surface area contributed by atoms with Crippen LogP contribution in [0.15, 0.2) is 23.5 Å². The number of hydrogen-bond acceptors (Lipinski definition) is 4. The summed E-state index contributed by atoms with van der Waals surface area (Å²) in [5, 5.41) is 4.03. The van der Waals surface area contributed by atoms with Crippen LogP contribution in [0.1, 0.15) is 5.56 Å². The number of rotatable bonds is 1. The molecule has 2 rings (SSSR count). The molecule has 2 aromatic heterocycles. The van der Waals surface area contributed by atoms with Crippen molar-refractivity contribution in [2.45, 2.75) is 0 Å². The van der Waals surface area contributed by atoms with Gasteiger partial charge in [0.1, 0.15) is 5.82 Å². The van der Waals surface area contributed by atoms with E-state index in [1.807, 2.05) is 0 Å². The maximum atomic E-state index is 5.82. The van der Waals surface area contributed by atoms with Gasteiger partial charge in [-0.05, 0) is 0 Å². The molecular weight excluding hydrogens is 166 g/mol. The molecule has 2 aromatic rings. The van der Waals surface area contributed by atoms with E-state index in [2.05, 4.69) is 15.1 Å². The molecule has 0 aromatic carbocycles. The van der Waals surface area contributed by atoms with Crippen molar-refractivity contribution >= 4 is 17.7 Å². The molecule has 5 nitrogen and oxygen atoms in total. The molecule has 0 spiro atoms. The molecule has 0 saturated carbocycles. The first-order valence-electron chi connectivity index (χ1n) is 3.83. The van der Waals surface area contributed by atoms with Crippen molar-refractivity contribution in [3.63, 3.8) is 0 Å². The van der Waals surface area contributed by atoms with Crippen molar-refractivity contribution in [3.05, 3.63) is 24.0 Å². The van der Waals surface area contributed by atoms with Gasteiger partial charge in [-0.1, -0.05) is 0 Å². The van der Waals surface area contributed by atoms with Gasteiger partial charge < -0.3 is 5.73 Å². The molecule has 66 valence electrons. The molecule has 0 bridgehead atoms. The highest BCUT2D eigenvalue weighted by Crippen LogP contribution is 2.09. The van der Waals surface area contributed by atoms with E-state index >= 15 is 0 Å². The molecule has 5 heteroatoms. The summed E-state index contributed by atoms with van der Waals surface area (Å²) >= 11 is 0. The van der Waals surface area contributed by atoms with E-state index in [1.165, 1.54) is 0 Å². The second kappa shape index (κ2) is 2.85. The standard InChI is InChI=1S/C8H9N5/c1-10-4-6-5-11-7-2-3-12-13(7)8(6)9/h2-5H,9H2,1H3/b10-4-. The Kier molecular flexibility index (Phi) is 1.70. The number of hydrogen-bond donors (Lipinski definition) is 1. The topological polar surface area (TPSA) is 68.6 Å². The van der Waals surface area contributed by atoms with E-state index in [4.69, 9.17) is 5.73 Å². The second-order valence-corrected chi connectivity index (χ2v) is 2.59. The summed E-state index contributed by atoms with van der Waals surface area (Å²) in [6.45, 7) is 0. The van der Waals surface area contributed by atoms with Gasteiger partial charge in [0.05, 0.1) is 11.8 Å². The molecular formula is C8H9N5. The minimum absolute atomic E-state index is 0.556. The highest BCUT2D eigenvalue weighted by Gasteiger charge is 2.02. The maximum absolute atomic E-state index is 5.82. The summed E-state index contributed by atoms with van der Waals surface area (Å²) in [6.07, 6.45) is 4.99. The lowest BCUT2D eigenvalue weighted by Crippen LogP contribution is -2.04. The van der Waals surface area contributed by atoms with Crippen molar-refractivity contribution in [2.75, 3.05) is 12.8 Å². The van der Waals surface area contributed by atoms with E-state index in [9.17, 15) is 0 Å². The van der Waals surface area contributed by atoms with Crippen molar-refractivity contribution < 1.29 is 0 Å². The zero-order valence-corrected chi connectivity index (χ0v) is 7.18. The first kappa shape index (κ1) is 7.72. The molecule has 2 heterocycles. The number of anilines is 1. The van der Waals surface area contributed by atoms with E-state index in [-0.39, 0.29) is 0 Å². The van der Waals surface area contributed by atoms with Crippen LogP contribution in [0.4, 0.5) is 5.82 Å². The minimum Gasteiger partial charge on any atom is -0.383 e. The quantitative estimate of drug-likeness (QED) is 0.636. The Hall–Kier alpha value is -1.91. The van der Waals surface area contributed by atoms with Gasteiger partial charge >= 0.3 is 0 Å². The summed E-state index contributed by atoms with van der Waals surface area (Å²) in [7, 11) is 1.69. The van der Waals surface area contributed by atoms with Crippen molar-refractivity contribution in [1.82, 2.24) is 14.6 Å². The predicted octanol–water partition coefficient (Wildman–Crippen LogP) is 0.360. The van der Waals surface area contributed by atoms with Crippen LogP contribution in [-0.4, -0.2) is 27.9 Å². The zero-order chi connectivity index (χ0) is 9.26. The SMILES string of the molecule is C/N=C\c1cnc2ccnn2c1N. The number of aliphatic imine (C=N–C) groups is 1. The van der Waals surface area contributed by atoms with Gasteiger partial charge in [0.15, 0.2) is 5.65 Å². The normalized spacial score (nSPS) is 11.5. The average molecular weight is 175 g/mol. The van der Waals surface area contributed by atoms with Crippen LogP contribution >= 0.6 is 0 Å². The Morgan fingerprint density at radius 1 is 1.62 bits per heavy atom. The molecule has 0 saturated heterocycles. The molecule has 0 fully saturated rings. The van der Waals surface area contributed by atoms with Crippen LogP contribution in [0.5, 0.6) is 0 Å². The van der Waals surface area contributed by atoms with E-state index in [0.29, 0.717) is 5.82 Å². The second-order valence-electron chi connectivity index (χ2n) is 2.59. The third-order valence-electron chi connectivity index (χ3n) is 1.75. The van der Waals surface area contributed by atoms with Crippen LogP contribution in [0.2, 0.25) is 0 Å². The lowest BCUT2D eigenvalue weighted by Gasteiger charge is -2.01. The van der Waals surface area contributed by atoms with Crippen molar-refractivity contribution in [2.24, 2.45) is 4.99 Å². The van der Waals surface area contributed by atoms with Crippen LogP contribution in [0, 0.1) is 0 Å². The van der Waals surface area contributed by atoms with Crippen LogP contribution in [-0.2, 0) is 0 Å². The third kappa shape index (κ3) is 1.14. The highest BCUT2D eigenvalue weighted by molar-refractivity contribution is 5.85. The molecule has 0 aliphatic carbocycles. The number of nitrogen functional groups attached to an aromatic ring is 1. The molecule has 0 aliphatic heterocycles. The Morgan fingerprint density at radius 3 is 3.23 bits per heavy atom. The highest BCUT2D eigenvalue weighted by atomic mass is 15.3. The summed E-state index contributed by atoms with van der Waals surface area (Å²) in [5.41, 5.74) is 7.34. The van der Waals surface area contributed by atoms with Gasteiger partial charge in [-0.3, -0.25) is 4.99 Å². The monoisotopic (exact) mass is 175 g/mol. The molecule has 0 unspecified atom stereocenters. The first-order valence-corrected chi connectivity index (χ1v) is 3.83. The maximum Gasteiger partial charge on any atom is 0.157 e. The largest absolute Gasteiger partial charge is 0.383 e. The van der Waals surface area contributed by atoms with Gasteiger partial charge in [0.2, 0.25) is 0 Å². The summed E-state index contributed by atoms with van der Waals surface area (Å²) in [6, 6.07) is 1.79. The molecule has 2 N–H and O–H groups in total. The lowest BCUT2D eigenvalue weighted by atomic mass is 10.3. The lowest BCUT2D eigenvalue weighted by molar-refractivity contribution is 0.950. The fraction of sp³-hybridized carbons (Fsp3) is 0.125. The summed E-state index contributed by atoms with van der Waals surface area (Å²) in [4.78, 5) is 8.02. The summed E-state index contributed by atoms with van der Waals surface area (Å²) < 4.78 is 1.58. The zero-order valence-electron chi connectivity index (χ0n) is 7.18. The number of nitrogens with zero attached hydrogens (tertiary/aromatic N) is 4. The fourth-order valence-corrected chi connectivity index (χ4v) is 1.14. The van der Waals surface area contributed by atoms with Crippen LogP contribution in [0.3, 0.4) is 0 Å².